The lowest BCUT2D eigenvalue weighted by Gasteiger charge is -2.12. The molecule has 0 bridgehead atoms. The number of nitrogens with one attached hydrogen (secondary N) is 1. The molecular weight excluding hydrogens is 454 g/mol. The molecule has 1 N–H and O–H groups in total. The number of esters is 1. The molecule has 3 aromatic heterocycles. The molecule has 178 valence electrons. The Morgan fingerprint density at radius 1 is 1.00 bits per heavy atom. The monoisotopic (exact) mass is 477 g/mol. The van der Waals surface area contributed by atoms with E-state index < -0.39 is 5.97 Å². The highest BCUT2D eigenvalue weighted by atomic mass is 16.5. The number of carbonyl (C=O) groups is 2. The summed E-state index contributed by atoms with van der Waals surface area (Å²) in [6.07, 6.45) is 5.12. The number of hydrogen-bond acceptors (Lipinski definition) is 6. The van der Waals surface area contributed by atoms with E-state index in [1.807, 2.05) is 49.4 Å². The lowest BCUT2D eigenvalue weighted by atomic mass is 10.1. The largest absolute Gasteiger partial charge is 0.465 e. The van der Waals surface area contributed by atoms with Crippen molar-refractivity contribution in [1.82, 2.24) is 19.7 Å². The van der Waals surface area contributed by atoms with Crippen molar-refractivity contribution in [3.05, 3.63) is 108 Å². The third kappa shape index (κ3) is 4.56. The molecule has 0 spiro atoms. The van der Waals surface area contributed by atoms with Gasteiger partial charge in [0.1, 0.15) is 0 Å². The van der Waals surface area contributed by atoms with E-state index in [-0.39, 0.29) is 5.91 Å². The molecule has 0 unspecified atom stereocenters. The van der Waals surface area contributed by atoms with Gasteiger partial charge in [-0.05, 0) is 48.4 Å². The summed E-state index contributed by atoms with van der Waals surface area (Å²) < 4.78 is 6.59. The molecule has 0 aliphatic heterocycles. The summed E-state index contributed by atoms with van der Waals surface area (Å²) in [6, 6.07) is 20.3. The van der Waals surface area contributed by atoms with Crippen LogP contribution in [0.4, 0.5) is 5.69 Å². The molecular formula is C28H23N5O3. The van der Waals surface area contributed by atoms with E-state index in [1.165, 1.54) is 7.11 Å². The number of amides is 1. The fourth-order valence-corrected chi connectivity index (χ4v) is 3.96. The number of fused-ring (bicyclic) bond motifs is 1. The molecule has 5 rings (SSSR count). The van der Waals surface area contributed by atoms with Crippen molar-refractivity contribution in [2.45, 2.75) is 13.5 Å². The van der Waals surface area contributed by atoms with Gasteiger partial charge in [-0.1, -0.05) is 36.4 Å². The molecule has 8 nitrogen and oxygen atoms in total. The normalized spacial score (nSPS) is 10.8. The van der Waals surface area contributed by atoms with Gasteiger partial charge in [0.15, 0.2) is 5.65 Å². The maximum atomic E-state index is 13.6. The Balaban J connectivity index is 1.59. The van der Waals surface area contributed by atoms with Crippen LogP contribution in [0.1, 0.15) is 31.8 Å². The van der Waals surface area contributed by atoms with Crippen LogP contribution in [0.3, 0.4) is 0 Å². The number of methoxy groups -OCH3 is 1. The highest BCUT2D eigenvalue weighted by Gasteiger charge is 2.19. The van der Waals surface area contributed by atoms with Gasteiger partial charge >= 0.3 is 5.97 Å². The third-order valence-corrected chi connectivity index (χ3v) is 5.91. The Labute approximate surface area is 207 Å². The summed E-state index contributed by atoms with van der Waals surface area (Å²) in [5.74, 6) is -0.797. The maximum Gasteiger partial charge on any atom is 0.337 e. The number of rotatable bonds is 6. The van der Waals surface area contributed by atoms with Gasteiger partial charge in [0.2, 0.25) is 0 Å². The number of carbonyl (C=O) groups excluding carboxylic acids is 2. The van der Waals surface area contributed by atoms with Crippen molar-refractivity contribution >= 4 is 28.6 Å². The summed E-state index contributed by atoms with van der Waals surface area (Å²) in [7, 11) is 1.32. The molecule has 0 atom stereocenters. The standard InChI is InChI=1S/C28H23N5O3/c1-18-8-9-21(28(35)36-2)14-24(18)32-27(34)22-15-25(20-6-4-3-5-7-20)31-26-23(22)16-30-33(26)17-19-10-12-29-13-11-19/h3-16H,17H2,1-2H3,(H,32,34). The summed E-state index contributed by atoms with van der Waals surface area (Å²) in [6.45, 7) is 2.35. The summed E-state index contributed by atoms with van der Waals surface area (Å²) >= 11 is 0. The SMILES string of the molecule is COC(=O)c1ccc(C)c(NC(=O)c2cc(-c3ccccc3)nc3c2cnn3Cc2ccncc2)c1. The Morgan fingerprint density at radius 2 is 1.78 bits per heavy atom. The second-order valence-electron chi connectivity index (χ2n) is 8.29. The first kappa shape index (κ1) is 22.9. The molecule has 0 aliphatic carbocycles. The van der Waals surface area contributed by atoms with Gasteiger partial charge in [0.05, 0.1) is 42.1 Å². The number of ether oxygens (including phenoxy) is 1. The highest BCUT2D eigenvalue weighted by molar-refractivity contribution is 6.13. The van der Waals surface area contributed by atoms with Gasteiger partial charge in [-0.25, -0.2) is 14.5 Å². The van der Waals surface area contributed by atoms with Crippen molar-refractivity contribution in [3.63, 3.8) is 0 Å². The molecule has 8 heteroatoms. The second-order valence-corrected chi connectivity index (χ2v) is 8.29. The van der Waals surface area contributed by atoms with Gasteiger partial charge < -0.3 is 10.1 Å². The number of hydrogen-bond donors (Lipinski definition) is 1. The minimum atomic E-state index is -0.472. The molecule has 0 saturated heterocycles. The second kappa shape index (κ2) is 9.79. The van der Waals surface area contributed by atoms with Crippen molar-refractivity contribution in [1.29, 1.82) is 0 Å². The third-order valence-electron chi connectivity index (χ3n) is 5.91. The maximum absolute atomic E-state index is 13.6. The van der Waals surface area contributed by atoms with Gasteiger partial charge in [-0.15, -0.1) is 0 Å². The number of anilines is 1. The predicted octanol–water partition coefficient (Wildman–Crippen LogP) is 4.89. The van der Waals surface area contributed by atoms with Crippen molar-refractivity contribution in [2.75, 3.05) is 12.4 Å². The van der Waals surface area contributed by atoms with Crippen LogP contribution in [0, 0.1) is 6.92 Å². The zero-order valence-electron chi connectivity index (χ0n) is 19.8. The molecule has 5 aromatic rings. The first-order chi connectivity index (χ1) is 17.5. The van der Waals surface area contributed by atoms with Gasteiger partial charge in [-0.2, -0.15) is 5.10 Å². The van der Waals surface area contributed by atoms with Crippen LogP contribution in [0.5, 0.6) is 0 Å². The zero-order chi connectivity index (χ0) is 25.1. The lowest BCUT2D eigenvalue weighted by Crippen LogP contribution is -2.15. The molecule has 3 heterocycles. The van der Waals surface area contributed by atoms with E-state index in [4.69, 9.17) is 9.72 Å². The first-order valence-electron chi connectivity index (χ1n) is 11.3. The summed E-state index contributed by atoms with van der Waals surface area (Å²) in [5.41, 5.74) is 5.28. The Bertz CT molecular complexity index is 1560. The molecule has 0 fully saturated rings. The summed E-state index contributed by atoms with van der Waals surface area (Å²) in [4.78, 5) is 34.5. The number of aromatic nitrogens is 4. The molecule has 0 aliphatic rings. The van der Waals surface area contributed by atoms with E-state index in [9.17, 15) is 9.59 Å². The lowest BCUT2D eigenvalue weighted by molar-refractivity contribution is 0.0600. The fourth-order valence-electron chi connectivity index (χ4n) is 3.96. The molecule has 0 saturated carbocycles. The molecule has 1 amide bonds. The van der Waals surface area contributed by atoms with Crippen LogP contribution < -0.4 is 5.32 Å². The van der Waals surface area contributed by atoms with E-state index >= 15 is 0 Å². The van der Waals surface area contributed by atoms with E-state index in [0.29, 0.717) is 40.1 Å². The minimum absolute atomic E-state index is 0.326. The van der Waals surface area contributed by atoms with Crippen LogP contribution in [0.15, 0.2) is 85.3 Å². The summed E-state index contributed by atoms with van der Waals surface area (Å²) in [5, 5.41) is 8.12. The predicted molar refractivity (Wildman–Crippen MR) is 137 cm³/mol. The number of benzene rings is 2. The van der Waals surface area contributed by atoms with Gasteiger partial charge in [0.25, 0.3) is 5.91 Å². The minimum Gasteiger partial charge on any atom is -0.465 e. The van der Waals surface area contributed by atoms with Crippen molar-refractivity contribution in [2.24, 2.45) is 0 Å². The van der Waals surface area contributed by atoms with Crippen LogP contribution in [0.25, 0.3) is 22.3 Å². The average Bonchev–Trinajstić information content (AvgIpc) is 3.32. The van der Waals surface area contributed by atoms with Crippen LogP contribution in [-0.4, -0.2) is 38.7 Å². The average molecular weight is 478 g/mol. The van der Waals surface area contributed by atoms with Gasteiger partial charge in [-0.3, -0.25) is 9.78 Å². The van der Waals surface area contributed by atoms with E-state index in [0.717, 1.165) is 16.7 Å². The Morgan fingerprint density at radius 3 is 2.53 bits per heavy atom. The van der Waals surface area contributed by atoms with Crippen LogP contribution in [0.2, 0.25) is 0 Å². The first-order valence-corrected chi connectivity index (χ1v) is 11.3. The zero-order valence-corrected chi connectivity index (χ0v) is 19.8. The number of pyridine rings is 2. The van der Waals surface area contributed by atoms with Crippen LogP contribution >= 0.6 is 0 Å². The number of nitrogens with zero attached hydrogens (tertiary/aromatic N) is 4. The highest BCUT2D eigenvalue weighted by Crippen LogP contribution is 2.27. The Kier molecular flexibility index (Phi) is 6.23. The quantitative estimate of drug-likeness (QED) is 0.350. The molecule has 0 radical (unpaired) electrons. The van der Waals surface area contributed by atoms with Gasteiger partial charge in [0, 0.05) is 23.6 Å². The van der Waals surface area contributed by atoms with E-state index in [2.05, 4.69) is 15.4 Å². The Hall–Kier alpha value is -4.85. The van der Waals surface area contributed by atoms with Crippen molar-refractivity contribution < 1.29 is 14.3 Å². The smallest absolute Gasteiger partial charge is 0.337 e. The van der Waals surface area contributed by atoms with Crippen LogP contribution in [-0.2, 0) is 11.3 Å². The molecule has 2 aromatic carbocycles. The fraction of sp³-hybridized carbons (Fsp3) is 0.107. The number of aryl methyl sites for hydroxylation is 1. The topological polar surface area (TPSA) is 99.0 Å². The molecule has 36 heavy (non-hydrogen) atoms. The van der Waals surface area contributed by atoms with Crippen molar-refractivity contribution in [3.8, 4) is 11.3 Å². The van der Waals surface area contributed by atoms with E-state index in [1.54, 1.807) is 47.5 Å².